The minimum atomic E-state index is -4.34. The second kappa shape index (κ2) is 12.3. The average molecular weight is 404 g/mol. The molecule has 1 aromatic rings. The van der Waals surface area contributed by atoms with Crippen LogP contribution in [0.1, 0.15) is 52.5 Å². The molecule has 0 aliphatic carbocycles. The maximum atomic E-state index is 12.5. The highest BCUT2D eigenvalue weighted by Gasteiger charge is 2.30. The fourth-order valence-electron chi connectivity index (χ4n) is 1.85. The van der Waals surface area contributed by atoms with Gasteiger partial charge in [0.1, 0.15) is 5.84 Å². The second-order valence-electron chi connectivity index (χ2n) is 5.76. The van der Waals surface area contributed by atoms with Crippen molar-refractivity contribution in [2.45, 2.75) is 59.2 Å². The predicted octanol–water partition coefficient (Wildman–Crippen LogP) is 5.61. The number of rotatable bonds is 5. The molecule has 0 bridgehead atoms. The van der Waals surface area contributed by atoms with E-state index in [4.69, 9.17) is 16.9 Å². The van der Waals surface area contributed by atoms with Gasteiger partial charge in [0.25, 0.3) is 0 Å². The third kappa shape index (κ3) is 10.6. The van der Waals surface area contributed by atoms with E-state index >= 15 is 0 Å². The normalized spacial score (nSPS) is 12.5. The first-order valence-corrected chi connectivity index (χ1v) is 8.99. The molecule has 8 heteroatoms. The van der Waals surface area contributed by atoms with Crippen molar-refractivity contribution < 1.29 is 18.0 Å². The Morgan fingerprint density at radius 3 is 2.19 bits per heavy atom. The van der Waals surface area contributed by atoms with Crippen molar-refractivity contribution in [3.63, 3.8) is 0 Å². The largest absolute Gasteiger partial charge is 0.390 e. The molecule has 27 heavy (non-hydrogen) atoms. The summed E-state index contributed by atoms with van der Waals surface area (Å²) in [7, 11) is 0. The fraction of sp³-hybridized carbons (Fsp3) is 0.526. The predicted molar refractivity (Wildman–Crippen MR) is 102 cm³/mol. The van der Waals surface area contributed by atoms with Gasteiger partial charge in [0.15, 0.2) is 0 Å². The first-order chi connectivity index (χ1) is 12.6. The Morgan fingerprint density at radius 2 is 1.81 bits per heavy atom. The quantitative estimate of drug-likeness (QED) is 0.474. The van der Waals surface area contributed by atoms with Crippen LogP contribution in [0, 0.1) is 11.3 Å². The minimum absolute atomic E-state index is 0.117. The standard InChI is InChI=1S/C16H20ClF3N2O.C3H5N/c1-4-11(2)21-15(13-5-7-14(17)8-6-13)22(12(3)23)10-9-16(18,19)20;1-2-3-4/h5-8,11H,4,9-10H2,1-3H3;2H2,1H3. The molecule has 0 saturated heterocycles. The van der Waals surface area contributed by atoms with Crippen LogP contribution in [0.2, 0.25) is 5.02 Å². The van der Waals surface area contributed by atoms with Crippen LogP contribution < -0.4 is 0 Å². The Balaban J connectivity index is 0.00000153. The number of carbonyl (C=O) groups excluding carboxylic acids is 1. The second-order valence-corrected chi connectivity index (χ2v) is 6.20. The molecule has 0 N–H and O–H groups in total. The van der Waals surface area contributed by atoms with Gasteiger partial charge < -0.3 is 0 Å². The highest BCUT2D eigenvalue weighted by molar-refractivity contribution is 6.30. The molecule has 0 radical (unpaired) electrons. The molecule has 0 saturated carbocycles. The molecule has 1 unspecified atom stereocenters. The van der Waals surface area contributed by atoms with Gasteiger partial charge in [-0.2, -0.15) is 18.4 Å². The minimum Gasteiger partial charge on any atom is -0.297 e. The SMILES string of the molecule is CCC#N.CCC(C)N=C(c1ccc(Cl)cc1)N(CCC(F)(F)F)C(C)=O. The molecule has 0 aliphatic heterocycles. The number of nitrogens with zero attached hydrogens (tertiary/aromatic N) is 3. The molecular weight excluding hydrogens is 379 g/mol. The highest BCUT2D eigenvalue weighted by atomic mass is 35.5. The van der Waals surface area contributed by atoms with E-state index in [0.717, 1.165) is 4.90 Å². The van der Waals surface area contributed by atoms with Crippen molar-refractivity contribution in [1.82, 2.24) is 4.90 Å². The number of alkyl halides is 3. The van der Waals surface area contributed by atoms with Crippen molar-refractivity contribution in [2.24, 2.45) is 4.99 Å². The number of aliphatic imine (C=N–C) groups is 1. The summed E-state index contributed by atoms with van der Waals surface area (Å²) in [5.41, 5.74) is 0.562. The lowest BCUT2D eigenvalue weighted by atomic mass is 10.1. The number of amidine groups is 1. The zero-order chi connectivity index (χ0) is 21.0. The Bertz CT molecular complexity index is 652. The van der Waals surface area contributed by atoms with Crippen LogP contribution in [0.25, 0.3) is 0 Å². The summed E-state index contributed by atoms with van der Waals surface area (Å²) in [6, 6.07) is 8.34. The molecule has 1 amide bonds. The first-order valence-electron chi connectivity index (χ1n) is 8.61. The topological polar surface area (TPSA) is 56.5 Å². The lowest BCUT2D eigenvalue weighted by molar-refractivity contribution is -0.140. The van der Waals surface area contributed by atoms with Gasteiger partial charge in [0, 0.05) is 36.5 Å². The van der Waals surface area contributed by atoms with E-state index in [0.29, 0.717) is 23.4 Å². The first kappa shape index (κ1) is 24.9. The van der Waals surface area contributed by atoms with Crippen LogP contribution in [-0.4, -0.2) is 35.4 Å². The van der Waals surface area contributed by atoms with E-state index in [2.05, 4.69) is 4.99 Å². The molecular formula is C19H25ClF3N3O. The average Bonchev–Trinajstić information content (AvgIpc) is 2.60. The molecule has 0 spiro atoms. The smallest absolute Gasteiger partial charge is 0.297 e. The number of benzene rings is 1. The van der Waals surface area contributed by atoms with E-state index in [1.54, 1.807) is 24.3 Å². The summed E-state index contributed by atoms with van der Waals surface area (Å²) >= 11 is 5.84. The van der Waals surface area contributed by atoms with Gasteiger partial charge in [-0.05, 0) is 37.6 Å². The maximum absolute atomic E-state index is 12.5. The van der Waals surface area contributed by atoms with E-state index in [9.17, 15) is 18.0 Å². The van der Waals surface area contributed by atoms with Gasteiger partial charge in [0.2, 0.25) is 5.91 Å². The summed E-state index contributed by atoms with van der Waals surface area (Å²) in [6.45, 7) is 6.36. The fourth-order valence-corrected chi connectivity index (χ4v) is 1.98. The lowest BCUT2D eigenvalue weighted by Gasteiger charge is -2.25. The Hall–Kier alpha value is -2.07. The third-order valence-electron chi connectivity index (χ3n) is 3.45. The molecule has 1 aromatic carbocycles. The maximum Gasteiger partial charge on any atom is 0.390 e. The van der Waals surface area contributed by atoms with E-state index in [-0.39, 0.29) is 11.9 Å². The molecule has 1 atom stereocenters. The van der Waals surface area contributed by atoms with Gasteiger partial charge >= 0.3 is 6.18 Å². The van der Waals surface area contributed by atoms with E-state index in [1.165, 1.54) is 6.92 Å². The number of hydrogen-bond acceptors (Lipinski definition) is 3. The van der Waals surface area contributed by atoms with Crippen molar-refractivity contribution >= 4 is 23.3 Å². The number of hydrogen-bond donors (Lipinski definition) is 0. The summed E-state index contributed by atoms with van der Waals surface area (Å²) in [5, 5.41) is 8.13. The number of nitriles is 1. The summed E-state index contributed by atoms with van der Waals surface area (Å²) < 4.78 is 37.6. The lowest BCUT2D eigenvalue weighted by Crippen LogP contribution is -2.39. The molecule has 0 fully saturated rings. The van der Waals surface area contributed by atoms with E-state index < -0.39 is 25.0 Å². The third-order valence-corrected chi connectivity index (χ3v) is 3.70. The molecule has 4 nitrogen and oxygen atoms in total. The van der Waals surface area contributed by atoms with Gasteiger partial charge in [-0.1, -0.05) is 25.4 Å². The van der Waals surface area contributed by atoms with Crippen molar-refractivity contribution in [3.05, 3.63) is 34.9 Å². The van der Waals surface area contributed by atoms with Crippen LogP contribution >= 0.6 is 11.6 Å². The van der Waals surface area contributed by atoms with E-state index in [1.807, 2.05) is 26.8 Å². The van der Waals surface area contributed by atoms with Gasteiger partial charge in [-0.3, -0.25) is 14.7 Å². The van der Waals surface area contributed by atoms with Crippen molar-refractivity contribution in [2.75, 3.05) is 6.54 Å². The van der Waals surface area contributed by atoms with Gasteiger partial charge in [0.05, 0.1) is 12.5 Å². The summed E-state index contributed by atoms with van der Waals surface area (Å²) in [4.78, 5) is 17.4. The highest BCUT2D eigenvalue weighted by Crippen LogP contribution is 2.21. The van der Waals surface area contributed by atoms with Crippen LogP contribution in [0.5, 0.6) is 0 Å². The molecule has 150 valence electrons. The van der Waals surface area contributed by atoms with Crippen LogP contribution in [0.15, 0.2) is 29.3 Å². The van der Waals surface area contributed by atoms with Crippen molar-refractivity contribution in [3.8, 4) is 6.07 Å². The molecule has 0 heterocycles. The Kier molecular flexibility index (Phi) is 11.4. The molecule has 1 rings (SSSR count). The van der Waals surface area contributed by atoms with Crippen LogP contribution in [-0.2, 0) is 4.79 Å². The summed E-state index contributed by atoms with van der Waals surface area (Å²) in [6.07, 6.45) is -4.09. The summed E-state index contributed by atoms with van der Waals surface area (Å²) in [5.74, 6) is -0.237. The van der Waals surface area contributed by atoms with Gasteiger partial charge in [-0.25, -0.2) is 0 Å². The van der Waals surface area contributed by atoms with Crippen LogP contribution in [0.3, 0.4) is 0 Å². The molecule has 0 aliphatic rings. The Morgan fingerprint density at radius 1 is 1.30 bits per heavy atom. The number of halogens is 4. The zero-order valence-corrected chi connectivity index (χ0v) is 16.7. The Labute approximate surface area is 163 Å². The monoisotopic (exact) mass is 403 g/mol. The van der Waals surface area contributed by atoms with Crippen molar-refractivity contribution in [1.29, 1.82) is 5.26 Å². The number of carbonyl (C=O) groups is 1. The zero-order valence-electron chi connectivity index (χ0n) is 16.0. The van der Waals surface area contributed by atoms with Crippen LogP contribution in [0.4, 0.5) is 13.2 Å². The molecule has 0 aromatic heterocycles. The van der Waals surface area contributed by atoms with Gasteiger partial charge in [-0.15, -0.1) is 0 Å². The number of amides is 1.